The fourth-order valence-corrected chi connectivity index (χ4v) is 5.09. The molecule has 0 saturated carbocycles. The normalized spacial score (nSPS) is 30.7. The number of nitrogens with two attached hydrogens (primary N) is 2. The summed E-state index contributed by atoms with van der Waals surface area (Å²) in [6.07, 6.45) is 2.05. The first-order chi connectivity index (χ1) is 13.4. The molecule has 4 rings (SSSR count). The predicted molar refractivity (Wildman–Crippen MR) is 99.5 cm³/mol. The molecule has 0 aliphatic carbocycles. The Morgan fingerprint density at radius 2 is 2.00 bits per heavy atom. The first kappa shape index (κ1) is 18.6. The molecule has 0 radical (unpaired) electrons. The van der Waals surface area contributed by atoms with Crippen LogP contribution in [-0.2, 0) is 24.7 Å². The summed E-state index contributed by atoms with van der Waals surface area (Å²) in [6.45, 7) is 2.36. The van der Waals surface area contributed by atoms with Crippen molar-refractivity contribution in [1.29, 1.82) is 0 Å². The summed E-state index contributed by atoms with van der Waals surface area (Å²) in [6, 6.07) is 6.94. The minimum atomic E-state index is -1.17. The van der Waals surface area contributed by atoms with Gasteiger partial charge in [-0.05, 0) is 12.5 Å². The number of rotatable bonds is 6. The van der Waals surface area contributed by atoms with Crippen molar-refractivity contribution in [2.24, 2.45) is 17.6 Å². The molecule has 8 heteroatoms. The van der Waals surface area contributed by atoms with E-state index in [1.54, 1.807) is 6.07 Å². The SMILES string of the molecule is CCCCN1C(=O)[C@@H]2[C@H](CCC(N)=O)[NH2+][C@@]3(C(=O)Nc4ccccc43)[C@@H]2C1=O. The van der Waals surface area contributed by atoms with Crippen LogP contribution in [0.2, 0.25) is 0 Å². The van der Waals surface area contributed by atoms with Crippen LogP contribution in [0.3, 0.4) is 0 Å². The van der Waals surface area contributed by atoms with E-state index in [1.165, 1.54) is 4.90 Å². The summed E-state index contributed by atoms with van der Waals surface area (Å²) in [5, 5.41) is 4.71. The summed E-state index contributed by atoms with van der Waals surface area (Å²) in [5.41, 5.74) is 5.55. The summed E-state index contributed by atoms with van der Waals surface area (Å²) in [7, 11) is 0. The maximum absolute atomic E-state index is 13.3. The molecule has 1 aromatic rings. The molecular weight excluding hydrogens is 360 g/mol. The molecule has 0 aromatic heterocycles. The second kappa shape index (κ2) is 6.70. The molecule has 2 fully saturated rings. The highest BCUT2D eigenvalue weighted by atomic mass is 16.2. The van der Waals surface area contributed by atoms with E-state index in [-0.39, 0.29) is 30.2 Å². The summed E-state index contributed by atoms with van der Waals surface area (Å²) >= 11 is 0. The minimum Gasteiger partial charge on any atom is -0.370 e. The summed E-state index contributed by atoms with van der Waals surface area (Å²) in [4.78, 5) is 52.3. The molecule has 3 aliphatic rings. The number of benzene rings is 1. The molecule has 4 amide bonds. The Bertz CT molecular complexity index is 870. The molecule has 1 aromatic carbocycles. The van der Waals surface area contributed by atoms with Crippen molar-refractivity contribution < 1.29 is 24.5 Å². The Morgan fingerprint density at radius 3 is 2.71 bits per heavy atom. The van der Waals surface area contributed by atoms with E-state index in [9.17, 15) is 19.2 Å². The highest BCUT2D eigenvalue weighted by Crippen LogP contribution is 2.49. The van der Waals surface area contributed by atoms with Gasteiger partial charge in [-0.25, -0.2) is 0 Å². The molecule has 8 nitrogen and oxygen atoms in total. The zero-order valence-corrected chi connectivity index (χ0v) is 15.8. The number of anilines is 1. The number of imide groups is 1. The van der Waals surface area contributed by atoms with Crippen LogP contribution in [-0.4, -0.2) is 41.1 Å². The third-order valence-corrected chi connectivity index (χ3v) is 6.33. The number of nitrogens with one attached hydrogen (secondary N) is 1. The van der Waals surface area contributed by atoms with Crippen molar-refractivity contribution in [2.75, 3.05) is 11.9 Å². The molecule has 148 valence electrons. The number of carbonyl (C=O) groups is 4. The Hall–Kier alpha value is -2.74. The molecule has 0 bridgehead atoms. The van der Waals surface area contributed by atoms with Gasteiger partial charge in [-0.3, -0.25) is 24.1 Å². The van der Waals surface area contributed by atoms with E-state index in [0.29, 0.717) is 18.7 Å². The number of para-hydroxylation sites is 1. The lowest BCUT2D eigenvalue weighted by Gasteiger charge is -2.26. The quantitative estimate of drug-likeness (QED) is 0.568. The van der Waals surface area contributed by atoms with E-state index in [2.05, 4.69) is 5.32 Å². The average Bonchev–Trinajstić information content (AvgIpc) is 3.24. The maximum Gasteiger partial charge on any atom is 0.291 e. The lowest BCUT2D eigenvalue weighted by atomic mass is 9.76. The number of quaternary nitrogens is 1. The second-order valence-electron chi connectivity index (χ2n) is 7.89. The highest BCUT2D eigenvalue weighted by molar-refractivity contribution is 6.13. The van der Waals surface area contributed by atoms with Crippen LogP contribution in [0.15, 0.2) is 24.3 Å². The van der Waals surface area contributed by atoms with Gasteiger partial charge in [-0.2, -0.15) is 0 Å². The average molecular weight is 385 g/mol. The van der Waals surface area contributed by atoms with Gasteiger partial charge in [0.1, 0.15) is 17.9 Å². The van der Waals surface area contributed by atoms with Crippen molar-refractivity contribution in [3.8, 4) is 0 Å². The number of nitrogens with zero attached hydrogens (tertiary/aromatic N) is 1. The molecule has 3 aliphatic heterocycles. The lowest BCUT2D eigenvalue weighted by Crippen LogP contribution is -2.99. The zero-order valence-electron chi connectivity index (χ0n) is 15.8. The molecule has 4 atom stereocenters. The van der Waals surface area contributed by atoms with Gasteiger partial charge in [0.2, 0.25) is 23.3 Å². The number of hydrogen-bond donors (Lipinski definition) is 3. The van der Waals surface area contributed by atoms with E-state index < -0.39 is 23.3 Å². The van der Waals surface area contributed by atoms with Crippen LogP contribution < -0.4 is 16.4 Å². The molecular formula is C20H25N4O4+. The van der Waals surface area contributed by atoms with Crippen LogP contribution in [0.1, 0.15) is 38.2 Å². The third-order valence-electron chi connectivity index (χ3n) is 6.33. The van der Waals surface area contributed by atoms with E-state index in [1.807, 2.05) is 30.4 Å². The fraction of sp³-hybridized carbons (Fsp3) is 0.500. The Morgan fingerprint density at radius 1 is 1.25 bits per heavy atom. The third kappa shape index (κ3) is 2.47. The number of amides is 4. The van der Waals surface area contributed by atoms with Crippen LogP contribution >= 0.6 is 0 Å². The Labute approximate surface area is 162 Å². The Balaban J connectivity index is 1.79. The zero-order chi connectivity index (χ0) is 20.1. The van der Waals surface area contributed by atoms with Gasteiger partial charge >= 0.3 is 0 Å². The number of carbonyl (C=O) groups excluding carboxylic acids is 4. The number of unbranched alkanes of at least 4 members (excludes halogenated alkanes) is 1. The highest BCUT2D eigenvalue weighted by Gasteiger charge is 2.73. The predicted octanol–water partition coefficient (Wildman–Crippen LogP) is -0.554. The van der Waals surface area contributed by atoms with E-state index in [0.717, 1.165) is 18.4 Å². The molecule has 5 N–H and O–H groups in total. The number of fused-ring (bicyclic) bond motifs is 4. The van der Waals surface area contributed by atoms with E-state index in [4.69, 9.17) is 5.73 Å². The number of primary amides is 1. The standard InChI is InChI=1S/C20H24N4O4/c1-2-3-10-24-17(26)15-13(8-9-14(21)25)23-20(16(15)18(24)27)11-6-4-5-7-12(11)22-19(20)28/h4-7,13,15-16,23H,2-3,8-10H2,1H3,(H2,21,25)(H,22,28)/p+1/t13-,15+,16-,20+/m0/s1. The first-order valence-corrected chi connectivity index (χ1v) is 9.82. The first-order valence-electron chi connectivity index (χ1n) is 9.82. The van der Waals surface area contributed by atoms with Crippen molar-refractivity contribution >= 4 is 29.3 Å². The Kier molecular flexibility index (Phi) is 4.45. The van der Waals surface area contributed by atoms with Crippen molar-refractivity contribution in [3.63, 3.8) is 0 Å². The van der Waals surface area contributed by atoms with Gasteiger partial charge in [-0.15, -0.1) is 0 Å². The van der Waals surface area contributed by atoms with Crippen LogP contribution in [0.4, 0.5) is 5.69 Å². The van der Waals surface area contributed by atoms with Crippen LogP contribution in [0.5, 0.6) is 0 Å². The smallest absolute Gasteiger partial charge is 0.291 e. The molecule has 3 heterocycles. The van der Waals surface area contributed by atoms with Gasteiger partial charge in [0.05, 0.1) is 5.69 Å². The second-order valence-corrected chi connectivity index (χ2v) is 7.89. The van der Waals surface area contributed by atoms with Gasteiger partial charge in [0, 0.05) is 24.9 Å². The molecule has 1 spiro atoms. The summed E-state index contributed by atoms with van der Waals surface area (Å²) in [5.74, 6) is -2.64. The molecule has 0 unspecified atom stereocenters. The summed E-state index contributed by atoms with van der Waals surface area (Å²) < 4.78 is 0. The molecule has 2 saturated heterocycles. The van der Waals surface area contributed by atoms with Gasteiger partial charge in [-0.1, -0.05) is 31.5 Å². The molecule has 28 heavy (non-hydrogen) atoms. The minimum absolute atomic E-state index is 0.111. The lowest BCUT2D eigenvalue weighted by molar-refractivity contribution is -0.734. The monoisotopic (exact) mass is 385 g/mol. The van der Waals surface area contributed by atoms with Crippen LogP contribution in [0.25, 0.3) is 0 Å². The largest absolute Gasteiger partial charge is 0.370 e. The topological polar surface area (TPSA) is 126 Å². The van der Waals surface area contributed by atoms with Crippen LogP contribution in [0, 0.1) is 11.8 Å². The maximum atomic E-state index is 13.3. The van der Waals surface area contributed by atoms with Gasteiger partial charge in [0.25, 0.3) is 5.91 Å². The van der Waals surface area contributed by atoms with Crippen molar-refractivity contribution in [2.45, 2.75) is 44.2 Å². The van der Waals surface area contributed by atoms with E-state index >= 15 is 0 Å². The van der Waals surface area contributed by atoms with Gasteiger partial charge < -0.3 is 16.4 Å². The van der Waals surface area contributed by atoms with Crippen molar-refractivity contribution in [3.05, 3.63) is 29.8 Å². The van der Waals surface area contributed by atoms with Crippen molar-refractivity contribution in [1.82, 2.24) is 4.90 Å². The number of likely N-dealkylation sites (tertiary alicyclic amines) is 1. The van der Waals surface area contributed by atoms with Gasteiger partial charge in [0.15, 0.2) is 0 Å². The number of hydrogen-bond acceptors (Lipinski definition) is 4. The fourth-order valence-electron chi connectivity index (χ4n) is 5.09.